The Morgan fingerprint density at radius 2 is 1.65 bits per heavy atom. The third kappa shape index (κ3) is 4.06. The molecular weight excluding hydrogens is 330 g/mol. The van der Waals surface area contributed by atoms with Crippen LogP contribution >= 0.6 is 0 Å². The van der Waals surface area contributed by atoms with Crippen LogP contribution in [0.3, 0.4) is 0 Å². The molecule has 0 aliphatic heterocycles. The summed E-state index contributed by atoms with van der Waals surface area (Å²) in [7, 11) is 0. The van der Waals surface area contributed by atoms with Gasteiger partial charge >= 0.3 is 0 Å². The number of benzene rings is 2. The first-order chi connectivity index (χ1) is 12.6. The van der Waals surface area contributed by atoms with Gasteiger partial charge in [-0.15, -0.1) is 0 Å². The number of hydrogen-bond acceptors (Lipinski definition) is 5. The van der Waals surface area contributed by atoms with Gasteiger partial charge in [-0.1, -0.05) is 37.1 Å². The van der Waals surface area contributed by atoms with Gasteiger partial charge in [-0.3, -0.25) is 4.79 Å². The van der Waals surface area contributed by atoms with E-state index in [1.54, 1.807) is 0 Å². The number of rotatable bonds is 7. The van der Waals surface area contributed by atoms with Crippen LogP contribution in [-0.4, -0.2) is 16.8 Å². The number of hydrogen-bond donors (Lipinski definition) is 3. The van der Waals surface area contributed by atoms with Crippen LogP contribution in [0.5, 0.6) is 11.5 Å². The summed E-state index contributed by atoms with van der Waals surface area (Å²) in [5, 5.41) is 19.5. The standard InChI is InChI=1S/C21H23NO4/c22-10-4-2-1-3-5-14-6-8-15(9-7-14)19-13-18(25)21-17(24)11-16(23)12-20(21)26-19/h6-9,11-13,23-24H,1-5,10,22H2. The van der Waals surface area contributed by atoms with Gasteiger partial charge in [0.05, 0.1) is 0 Å². The number of phenolic OH excluding ortho intramolecular Hbond substituents is 2. The molecule has 0 amide bonds. The fourth-order valence-electron chi connectivity index (χ4n) is 3.06. The molecular formula is C21H23NO4. The Bertz CT molecular complexity index is 945. The van der Waals surface area contributed by atoms with Crippen molar-refractivity contribution in [3.8, 4) is 22.8 Å². The van der Waals surface area contributed by atoms with Crippen molar-refractivity contribution < 1.29 is 14.6 Å². The zero-order chi connectivity index (χ0) is 18.5. The quantitative estimate of drug-likeness (QED) is 0.559. The van der Waals surface area contributed by atoms with Gasteiger partial charge in [-0.05, 0) is 31.4 Å². The predicted octanol–water partition coefficient (Wildman–Crippen LogP) is 3.93. The third-order valence-corrected chi connectivity index (χ3v) is 4.45. The van der Waals surface area contributed by atoms with Crippen molar-refractivity contribution in [2.75, 3.05) is 6.54 Å². The van der Waals surface area contributed by atoms with E-state index in [2.05, 4.69) is 0 Å². The van der Waals surface area contributed by atoms with E-state index >= 15 is 0 Å². The van der Waals surface area contributed by atoms with Crippen LogP contribution in [0.2, 0.25) is 0 Å². The summed E-state index contributed by atoms with van der Waals surface area (Å²) >= 11 is 0. The lowest BCUT2D eigenvalue weighted by Gasteiger charge is -2.06. The summed E-state index contributed by atoms with van der Waals surface area (Å²) < 4.78 is 5.72. The normalized spacial score (nSPS) is 11.1. The summed E-state index contributed by atoms with van der Waals surface area (Å²) in [6, 6.07) is 11.7. The van der Waals surface area contributed by atoms with Crippen LogP contribution in [0, 0.1) is 0 Å². The molecule has 0 saturated carbocycles. The van der Waals surface area contributed by atoms with Gasteiger partial charge in [0.2, 0.25) is 0 Å². The van der Waals surface area contributed by atoms with E-state index in [0.29, 0.717) is 5.76 Å². The van der Waals surface area contributed by atoms with Crippen molar-refractivity contribution in [1.29, 1.82) is 0 Å². The second-order valence-corrected chi connectivity index (χ2v) is 6.46. The summed E-state index contributed by atoms with van der Waals surface area (Å²) in [6.45, 7) is 0.751. The van der Waals surface area contributed by atoms with Crippen molar-refractivity contribution in [2.45, 2.75) is 32.1 Å². The maximum absolute atomic E-state index is 12.3. The van der Waals surface area contributed by atoms with E-state index in [1.165, 1.54) is 24.1 Å². The Hall–Kier alpha value is -2.79. The lowest BCUT2D eigenvalue weighted by Crippen LogP contribution is -2.00. The molecule has 0 fully saturated rings. The van der Waals surface area contributed by atoms with Crippen LogP contribution in [0.15, 0.2) is 51.7 Å². The monoisotopic (exact) mass is 353 g/mol. The Morgan fingerprint density at radius 3 is 2.38 bits per heavy atom. The first-order valence-electron chi connectivity index (χ1n) is 8.87. The Kier molecular flexibility index (Phi) is 5.58. The molecule has 0 bridgehead atoms. The lowest BCUT2D eigenvalue weighted by molar-refractivity contribution is 0.452. The molecule has 0 saturated heterocycles. The molecule has 136 valence electrons. The van der Waals surface area contributed by atoms with Crippen LogP contribution in [0.1, 0.15) is 31.2 Å². The van der Waals surface area contributed by atoms with E-state index in [1.807, 2.05) is 24.3 Å². The molecule has 5 nitrogen and oxygen atoms in total. The second-order valence-electron chi connectivity index (χ2n) is 6.46. The van der Waals surface area contributed by atoms with Gasteiger partial charge in [0, 0.05) is 23.8 Å². The minimum Gasteiger partial charge on any atom is -0.508 e. The van der Waals surface area contributed by atoms with E-state index in [4.69, 9.17) is 10.2 Å². The van der Waals surface area contributed by atoms with Gasteiger partial charge < -0.3 is 20.4 Å². The molecule has 4 N–H and O–H groups in total. The summed E-state index contributed by atoms with van der Waals surface area (Å²) in [5.41, 5.74) is 7.33. The number of phenols is 2. The topological polar surface area (TPSA) is 96.7 Å². The van der Waals surface area contributed by atoms with E-state index < -0.39 is 0 Å². The zero-order valence-corrected chi connectivity index (χ0v) is 14.6. The molecule has 0 unspecified atom stereocenters. The summed E-state index contributed by atoms with van der Waals surface area (Å²) in [4.78, 5) is 12.3. The molecule has 3 rings (SSSR count). The first-order valence-corrected chi connectivity index (χ1v) is 8.87. The lowest BCUT2D eigenvalue weighted by atomic mass is 10.0. The van der Waals surface area contributed by atoms with Gasteiger partial charge in [0.1, 0.15) is 28.2 Å². The van der Waals surface area contributed by atoms with Crippen molar-refractivity contribution in [2.24, 2.45) is 5.73 Å². The fraction of sp³-hybridized carbons (Fsp3) is 0.286. The maximum atomic E-state index is 12.3. The molecule has 0 aliphatic rings. The minimum absolute atomic E-state index is 0.0700. The average molecular weight is 353 g/mol. The first kappa shape index (κ1) is 18.0. The third-order valence-electron chi connectivity index (χ3n) is 4.45. The summed E-state index contributed by atoms with van der Waals surface area (Å²) in [6.07, 6.45) is 5.55. The number of fused-ring (bicyclic) bond motifs is 1. The van der Waals surface area contributed by atoms with E-state index in [-0.39, 0.29) is 27.9 Å². The van der Waals surface area contributed by atoms with E-state index in [0.717, 1.165) is 43.9 Å². The minimum atomic E-state index is -0.345. The number of unbranched alkanes of at least 4 members (excludes halogenated alkanes) is 3. The van der Waals surface area contributed by atoms with Gasteiger partial charge in [-0.2, -0.15) is 0 Å². The highest BCUT2D eigenvalue weighted by Gasteiger charge is 2.12. The molecule has 0 atom stereocenters. The molecule has 26 heavy (non-hydrogen) atoms. The van der Waals surface area contributed by atoms with Crippen molar-refractivity contribution >= 4 is 11.0 Å². The van der Waals surface area contributed by atoms with Crippen LogP contribution in [0.4, 0.5) is 0 Å². The predicted molar refractivity (Wildman–Crippen MR) is 102 cm³/mol. The fourth-order valence-corrected chi connectivity index (χ4v) is 3.06. The smallest absolute Gasteiger partial charge is 0.197 e. The second kappa shape index (κ2) is 8.06. The number of aryl methyl sites for hydroxylation is 1. The molecule has 2 aromatic carbocycles. The SMILES string of the molecule is NCCCCCCc1ccc(-c2cc(=O)c3c(O)cc(O)cc3o2)cc1. The van der Waals surface area contributed by atoms with Crippen molar-refractivity contribution in [3.63, 3.8) is 0 Å². The highest BCUT2D eigenvalue weighted by Crippen LogP contribution is 2.30. The molecule has 0 aliphatic carbocycles. The number of nitrogens with two attached hydrogens (primary N) is 1. The average Bonchev–Trinajstić information content (AvgIpc) is 2.61. The van der Waals surface area contributed by atoms with E-state index in [9.17, 15) is 15.0 Å². The summed E-state index contributed by atoms with van der Waals surface area (Å²) in [5.74, 6) is -0.0347. The molecule has 0 spiro atoms. The van der Waals surface area contributed by atoms with Crippen molar-refractivity contribution in [3.05, 3.63) is 58.3 Å². The molecule has 5 heteroatoms. The Balaban J connectivity index is 1.80. The highest BCUT2D eigenvalue weighted by molar-refractivity contribution is 5.85. The van der Waals surface area contributed by atoms with Crippen LogP contribution < -0.4 is 11.2 Å². The molecule has 0 radical (unpaired) electrons. The highest BCUT2D eigenvalue weighted by atomic mass is 16.3. The van der Waals surface area contributed by atoms with Crippen LogP contribution in [-0.2, 0) is 6.42 Å². The molecule has 1 aromatic heterocycles. The van der Waals surface area contributed by atoms with Gasteiger partial charge in [-0.25, -0.2) is 0 Å². The number of aromatic hydroxyl groups is 2. The van der Waals surface area contributed by atoms with Gasteiger partial charge in [0.15, 0.2) is 5.43 Å². The molecule has 3 aromatic rings. The molecule has 1 heterocycles. The Morgan fingerprint density at radius 1 is 0.923 bits per heavy atom. The van der Waals surface area contributed by atoms with Crippen molar-refractivity contribution in [1.82, 2.24) is 0 Å². The van der Waals surface area contributed by atoms with Crippen LogP contribution in [0.25, 0.3) is 22.3 Å². The van der Waals surface area contributed by atoms with Gasteiger partial charge in [0.25, 0.3) is 0 Å². The zero-order valence-electron chi connectivity index (χ0n) is 14.6. The Labute approximate surface area is 151 Å². The maximum Gasteiger partial charge on any atom is 0.197 e. The largest absolute Gasteiger partial charge is 0.508 e.